The molecule has 8 aromatic carbocycles. The molecule has 12 nitrogen and oxygen atoms in total. The lowest BCUT2D eigenvalue weighted by atomic mass is 9.93. The molecule has 0 atom stereocenters. The van der Waals surface area contributed by atoms with Gasteiger partial charge in [0.25, 0.3) is 30.3 Å². The molecule has 0 aromatic heterocycles. The number of anilines is 8. The Morgan fingerprint density at radius 2 is 0.588 bits per heavy atom. The number of para-hydroxylation sites is 6. The molecule has 2 spiro atoms. The predicted octanol–water partition coefficient (Wildman–Crippen LogP) is 18.2. The van der Waals surface area contributed by atoms with Gasteiger partial charge in [-0.15, -0.1) is 0 Å². The van der Waals surface area contributed by atoms with Crippen LogP contribution in [0.2, 0.25) is 0 Å². The van der Waals surface area contributed by atoms with Crippen molar-refractivity contribution in [1.29, 1.82) is 0 Å². The van der Waals surface area contributed by atoms with Gasteiger partial charge in [-0.3, -0.25) is 18.7 Å². The maximum atomic E-state index is 6.87. The third-order valence-corrected chi connectivity index (χ3v) is 28.3. The summed E-state index contributed by atoms with van der Waals surface area (Å²) >= 11 is 19.9. The Balaban J connectivity index is 0.628. The van der Waals surface area contributed by atoms with E-state index in [4.69, 9.17) is 59.8 Å². The molecule has 0 unspecified atom stereocenters. The number of hydrogen-bond donors (Lipinski definition) is 0. The predicted molar refractivity (Wildman–Crippen MR) is 330 cm³/mol. The van der Waals surface area contributed by atoms with E-state index in [1.807, 2.05) is 30.3 Å². The molecular weight excluding hydrogens is 1200 g/mol. The molecule has 8 aliphatic rings. The molecule has 0 aliphatic carbocycles. The minimum atomic E-state index is -3.12. The van der Waals surface area contributed by atoms with E-state index >= 15 is 0 Å². The van der Waals surface area contributed by atoms with Crippen LogP contribution in [0.3, 0.4) is 0 Å². The van der Waals surface area contributed by atoms with E-state index in [0.717, 1.165) is 86.0 Å². The zero-order valence-corrected chi connectivity index (χ0v) is 50.7. The smallest absolute Gasteiger partial charge is 0.294 e. The summed E-state index contributed by atoms with van der Waals surface area (Å²) in [5.74, 6) is 0. The molecule has 402 valence electrons. The Morgan fingerprint density at radius 3 is 0.963 bits per heavy atom. The fraction of sp³-hybridized carbons (Fsp3) is 0.172. The third kappa shape index (κ3) is 8.83. The molecule has 4 fully saturated rings. The van der Waals surface area contributed by atoms with Crippen molar-refractivity contribution in [3.8, 4) is 11.1 Å². The minimum absolute atomic E-state index is 0.307. The second kappa shape index (κ2) is 20.5. The molecule has 0 radical (unpaired) electrons. The van der Waals surface area contributed by atoms with Crippen molar-refractivity contribution >= 4 is 146 Å². The van der Waals surface area contributed by atoms with Crippen LogP contribution in [0.25, 0.3) is 11.1 Å². The van der Waals surface area contributed by atoms with E-state index in [9.17, 15) is 0 Å². The summed E-state index contributed by atoms with van der Waals surface area (Å²) in [5, 5.41) is 0. The van der Waals surface area contributed by atoms with Crippen molar-refractivity contribution in [3.05, 3.63) is 182 Å². The molecule has 8 aliphatic heterocycles. The maximum absolute atomic E-state index is 6.87. The quantitative estimate of drug-likeness (QED) is 0.153. The monoisotopic (exact) mass is 1240 g/mol. The lowest BCUT2D eigenvalue weighted by molar-refractivity contribution is -0.0546. The molecule has 22 heteroatoms. The molecule has 4 saturated heterocycles. The van der Waals surface area contributed by atoms with Crippen LogP contribution in [-0.4, -0.2) is 52.9 Å². The van der Waals surface area contributed by atoms with Crippen LogP contribution < -0.4 is 18.7 Å². The van der Waals surface area contributed by atoms with Gasteiger partial charge in [0.2, 0.25) is 0 Å². The summed E-state index contributed by atoms with van der Waals surface area (Å²) in [6, 6.07) is 63.6. The highest BCUT2D eigenvalue weighted by molar-refractivity contribution is 8.11. The SMILES string of the molecule is S=P1(N2c3ccccc3Sc3ccccc32)OCC2(CO1)COP(=S)(N1c3ccccc3Sc3cc(-c4ccc5c(c4)Sc4ccccc4N5P4OCC5(COP(N6c7ccccc7Sc7ccccc76)OC5)CO4)ccc31)OC2. The standard InChI is InChI=1S/C58H46N4O8P4S6/c75-73(61-45-16-4-10-22-52(45)78-53-23-11-5-17-46(53)61)67-35-58(36-68-73)37-69-74(76,70-38-58)62-47-18-6-12-24-54(47)80-56-30-40(26-28-48(56)62)39-25-27-44-55(29-39)79-51-21-9-3-15-43(51)60(44)72-65-33-57(34-66-72)31-63-71(64-32-57)59-41-13-1-7-19-49(41)77-50-20-8-2-14-42(50)59/h1-30H,31-38H2. The second-order valence-electron chi connectivity index (χ2n) is 20.4. The minimum Gasteiger partial charge on any atom is -0.316 e. The van der Waals surface area contributed by atoms with Gasteiger partial charge in [0.05, 0.1) is 109 Å². The van der Waals surface area contributed by atoms with E-state index in [2.05, 4.69) is 170 Å². The van der Waals surface area contributed by atoms with Crippen molar-refractivity contribution in [2.24, 2.45) is 10.8 Å². The van der Waals surface area contributed by atoms with Gasteiger partial charge < -0.3 is 36.2 Å². The van der Waals surface area contributed by atoms with Crippen molar-refractivity contribution in [3.63, 3.8) is 0 Å². The number of benzene rings is 8. The average molecular weight is 1240 g/mol. The number of rotatable bonds is 5. The molecule has 0 saturated carbocycles. The first-order valence-electron chi connectivity index (χ1n) is 25.9. The Hall–Kier alpha value is -3.80. The Labute approximate surface area is 493 Å². The van der Waals surface area contributed by atoms with Gasteiger partial charge in [-0.25, -0.2) is 0 Å². The molecule has 0 N–H and O–H groups in total. The molecule has 16 rings (SSSR count). The summed E-state index contributed by atoms with van der Waals surface area (Å²) < 4.78 is 62.9. The number of hydrogen-bond acceptors (Lipinski definition) is 16. The topological polar surface area (TPSA) is 86.8 Å². The van der Waals surface area contributed by atoms with Gasteiger partial charge in [0, 0.05) is 39.2 Å². The van der Waals surface area contributed by atoms with Crippen LogP contribution in [0.15, 0.2) is 221 Å². The molecule has 0 amide bonds. The van der Waals surface area contributed by atoms with E-state index in [1.165, 1.54) is 9.79 Å². The molecule has 80 heavy (non-hydrogen) atoms. The number of nitrogens with zero attached hydrogens (tertiary/aromatic N) is 4. The summed E-state index contributed by atoms with van der Waals surface area (Å²) in [5.41, 5.74) is 9.39. The fourth-order valence-corrected chi connectivity index (χ4v) is 25.0. The zero-order valence-electron chi connectivity index (χ0n) is 42.3. The fourth-order valence-electron chi connectivity index (χ4n) is 10.8. The van der Waals surface area contributed by atoms with Gasteiger partial charge >= 0.3 is 0 Å². The van der Waals surface area contributed by atoms with Crippen LogP contribution in [0.4, 0.5) is 45.5 Å². The van der Waals surface area contributed by atoms with Crippen LogP contribution in [0.5, 0.6) is 0 Å². The first-order valence-corrected chi connectivity index (χ1v) is 36.6. The third-order valence-electron chi connectivity index (χ3n) is 15.0. The van der Waals surface area contributed by atoms with Gasteiger partial charge in [0.1, 0.15) is 0 Å². The summed E-state index contributed by atoms with van der Waals surface area (Å²) in [6.45, 7) is -3.02. The summed E-state index contributed by atoms with van der Waals surface area (Å²) in [6.07, 6.45) is 0. The van der Waals surface area contributed by atoms with E-state index in [0.29, 0.717) is 52.9 Å². The van der Waals surface area contributed by atoms with Gasteiger partial charge in [0.15, 0.2) is 0 Å². The van der Waals surface area contributed by atoms with Crippen molar-refractivity contribution < 1.29 is 36.2 Å². The lowest BCUT2D eigenvalue weighted by Gasteiger charge is -2.50. The van der Waals surface area contributed by atoms with Gasteiger partial charge in [-0.2, -0.15) is 0 Å². The van der Waals surface area contributed by atoms with Crippen LogP contribution in [-0.2, 0) is 59.8 Å². The largest absolute Gasteiger partial charge is 0.316 e. The molecule has 8 aromatic rings. The van der Waals surface area contributed by atoms with Gasteiger partial charge in [-0.1, -0.05) is 132 Å². The van der Waals surface area contributed by atoms with E-state index < -0.39 is 41.2 Å². The zero-order chi connectivity index (χ0) is 53.2. The molecule has 8 heterocycles. The lowest BCUT2D eigenvalue weighted by Crippen LogP contribution is -2.47. The van der Waals surface area contributed by atoms with Crippen LogP contribution in [0.1, 0.15) is 0 Å². The molecule has 0 bridgehead atoms. The number of fused-ring (bicyclic) bond motifs is 8. The maximum Gasteiger partial charge on any atom is 0.294 e. The summed E-state index contributed by atoms with van der Waals surface area (Å²) in [7, 11) is -2.91. The van der Waals surface area contributed by atoms with Crippen molar-refractivity contribution in [1.82, 2.24) is 0 Å². The van der Waals surface area contributed by atoms with E-state index in [1.54, 1.807) is 47.0 Å². The van der Waals surface area contributed by atoms with Crippen LogP contribution in [0, 0.1) is 10.8 Å². The van der Waals surface area contributed by atoms with Crippen molar-refractivity contribution in [2.45, 2.75) is 39.2 Å². The highest BCUT2D eigenvalue weighted by Gasteiger charge is 2.52. The second-order valence-corrected chi connectivity index (χ2v) is 34.0. The average Bonchev–Trinajstić information content (AvgIpc) is 3.56. The Kier molecular flexibility index (Phi) is 13.3. The highest BCUT2D eigenvalue weighted by Crippen LogP contribution is 2.71. The van der Waals surface area contributed by atoms with Gasteiger partial charge in [-0.05, 0) is 132 Å². The van der Waals surface area contributed by atoms with Crippen molar-refractivity contribution in [2.75, 3.05) is 71.5 Å². The molecular formula is C58H46N4O8P4S6. The summed E-state index contributed by atoms with van der Waals surface area (Å²) in [4.78, 5) is 9.00. The first kappa shape index (κ1) is 51.8. The van der Waals surface area contributed by atoms with Crippen LogP contribution >= 0.6 is 77.4 Å². The highest BCUT2D eigenvalue weighted by atomic mass is 32.5. The Morgan fingerprint density at radius 1 is 0.325 bits per heavy atom. The normalized spacial score (nSPS) is 27.2. The Bertz CT molecular complexity index is 3810. The van der Waals surface area contributed by atoms with E-state index in [-0.39, 0.29) is 0 Å². The first-order chi connectivity index (χ1) is 39.2.